The van der Waals surface area contributed by atoms with Gasteiger partial charge in [-0.3, -0.25) is 0 Å². The molecule has 0 radical (unpaired) electrons. The van der Waals surface area contributed by atoms with Crippen LogP contribution in [0.2, 0.25) is 0 Å². The van der Waals surface area contributed by atoms with Crippen LogP contribution in [-0.2, 0) is 13.5 Å². The summed E-state index contributed by atoms with van der Waals surface area (Å²) in [6.07, 6.45) is 4.67. The monoisotopic (exact) mass is 190 g/mol. The van der Waals surface area contributed by atoms with Gasteiger partial charge in [0.2, 0.25) is 0 Å². The van der Waals surface area contributed by atoms with Crippen molar-refractivity contribution in [2.45, 2.75) is 20.3 Å². The molecule has 2 rings (SSSR count). The number of aryl methyl sites for hydroxylation is 3. The predicted octanol–water partition coefficient (Wildman–Crippen LogP) is 1.68. The second-order valence-electron chi connectivity index (χ2n) is 3.36. The standard InChI is InChI=1S/C10H14N4/c1-4-8-9(13-7(2)12-8)10-11-5-6-14(10)3/h5-6H,4H2,1-3H3,(H,12,13). The predicted molar refractivity (Wildman–Crippen MR) is 54.9 cm³/mol. The van der Waals surface area contributed by atoms with Crippen molar-refractivity contribution in [2.75, 3.05) is 0 Å². The van der Waals surface area contributed by atoms with E-state index < -0.39 is 0 Å². The molecule has 2 aromatic heterocycles. The van der Waals surface area contributed by atoms with Gasteiger partial charge >= 0.3 is 0 Å². The number of nitrogens with zero attached hydrogens (tertiary/aromatic N) is 3. The van der Waals surface area contributed by atoms with E-state index in [-0.39, 0.29) is 0 Å². The van der Waals surface area contributed by atoms with Gasteiger partial charge in [0.25, 0.3) is 0 Å². The first kappa shape index (κ1) is 8.99. The Morgan fingerprint density at radius 2 is 2.29 bits per heavy atom. The van der Waals surface area contributed by atoms with Gasteiger partial charge in [-0.25, -0.2) is 9.97 Å². The molecule has 14 heavy (non-hydrogen) atoms. The van der Waals surface area contributed by atoms with E-state index in [9.17, 15) is 0 Å². The summed E-state index contributed by atoms with van der Waals surface area (Å²) >= 11 is 0. The van der Waals surface area contributed by atoms with E-state index in [4.69, 9.17) is 0 Å². The minimum Gasteiger partial charge on any atom is -0.345 e. The van der Waals surface area contributed by atoms with Crippen LogP contribution in [0, 0.1) is 6.92 Å². The minimum atomic E-state index is 0.922. The third kappa shape index (κ3) is 1.32. The highest BCUT2D eigenvalue weighted by Gasteiger charge is 2.12. The molecule has 0 saturated carbocycles. The van der Waals surface area contributed by atoms with E-state index in [2.05, 4.69) is 21.9 Å². The topological polar surface area (TPSA) is 46.5 Å². The van der Waals surface area contributed by atoms with E-state index in [0.717, 1.165) is 29.5 Å². The molecular weight excluding hydrogens is 176 g/mol. The molecule has 74 valence electrons. The lowest BCUT2D eigenvalue weighted by Gasteiger charge is -1.99. The summed E-state index contributed by atoms with van der Waals surface area (Å²) in [5.41, 5.74) is 2.12. The van der Waals surface area contributed by atoms with Crippen LogP contribution in [0.5, 0.6) is 0 Å². The zero-order valence-corrected chi connectivity index (χ0v) is 8.70. The lowest BCUT2D eigenvalue weighted by molar-refractivity contribution is 0.913. The Morgan fingerprint density at radius 3 is 2.86 bits per heavy atom. The van der Waals surface area contributed by atoms with Crippen LogP contribution in [0.3, 0.4) is 0 Å². The molecule has 0 unspecified atom stereocenters. The summed E-state index contributed by atoms with van der Waals surface area (Å²) in [5, 5.41) is 0. The lowest BCUT2D eigenvalue weighted by Crippen LogP contribution is -1.94. The maximum absolute atomic E-state index is 4.45. The van der Waals surface area contributed by atoms with Crippen LogP contribution in [0.1, 0.15) is 18.4 Å². The second kappa shape index (κ2) is 3.29. The molecular formula is C10H14N4. The van der Waals surface area contributed by atoms with Gasteiger partial charge in [-0.05, 0) is 13.3 Å². The molecule has 4 heteroatoms. The van der Waals surface area contributed by atoms with Crippen molar-refractivity contribution in [3.63, 3.8) is 0 Å². The largest absolute Gasteiger partial charge is 0.345 e. The number of imidazole rings is 2. The molecule has 4 nitrogen and oxygen atoms in total. The van der Waals surface area contributed by atoms with Crippen LogP contribution in [0.15, 0.2) is 12.4 Å². The molecule has 1 N–H and O–H groups in total. The van der Waals surface area contributed by atoms with E-state index in [1.165, 1.54) is 0 Å². The van der Waals surface area contributed by atoms with Crippen molar-refractivity contribution in [3.05, 3.63) is 23.9 Å². The van der Waals surface area contributed by atoms with Crippen LogP contribution in [-0.4, -0.2) is 19.5 Å². The Bertz CT molecular complexity index is 439. The third-order valence-corrected chi connectivity index (χ3v) is 2.28. The Labute approximate surface area is 83.0 Å². The first-order valence-electron chi connectivity index (χ1n) is 4.75. The Hall–Kier alpha value is -1.58. The molecule has 0 aromatic carbocycles. The average Bonchev–Trinajstić information content (AvgIpc) is 2.71. The summed E-state index contributed by atoms with van der Waals surface area (Å²) in [6.45, 7) is 4.07. The van der Waals surface area contributed by atoms with Crippen molar-refractivity contribution in [3.8, 4) is 11.5 Å². The van der Waals surface area contributed by atoms with Gasteiger partial charge in [0.1, 0.15) is 11.5 Å². The Balaban J connectivity index is 2.55. The number of nitrogens with one attached hydrogen (secondary N) is 1. The number of rotatable bonds is 2. The fraction of sp³-hybridized carbons (Fsp3) is 0.400. The molecule has 2 aromatic rings. The van der Waals surface area contributed by atoms with Crippen LogP contribution >= 0.6 is 0 Å². The summed E-state index contributed by atoms with van der Waals surface area (Å²) in [7, 11) is 1.98. The molecule has 0 aliphatic heterocycles. The minimum absolute atomic E-state index is 0.922. The number of hydrogen-bond donors (Lipinski definition) is 1. The molecule has 0 aliphatic carbocycles. The van der Waals surface area contributed by atoms with Crippen LogP contribution in [0.4, 0.5) is 0 Å². The molecule has 0 aliphatic rings. The fourth-order valence-electron chi connectivity index (χ4n) is 1.58. The van der Waals surface area contributed by atoms with Crippen molar-refractivity contribution < 1.29 is 0 Å². The SMILES string of the molecule is CCc1[nH]c(C)nc1-c1nccn1C. The summed E-state index contributed by atoms with van der Waals surface area (Å²) in [5.74, 6) is 1.87. The first-order chi connectivity index (χ1) is 6.72. The number of aromatic nitrogens is 4. The fourth-order valence-corrected chi connectivity index (χ4v) is 1.58. The highest BCUT2D eigenvalue weighted by atomic mass is 15.1. The number of aromatic amines is 1. The maximum atomic E-state index is 4.45. The molecule has 0 bridgehead atoms. The van der Waals surface area contributed by atoms with Crippen molar-refractivity contribution in [1.29, 1.82) is 0 Å². The molecule has 0 spiro atoms. The smallest absolute Gasteiger partial charge is 0.160 e. The number of hydrogen-bond acceptors (Lipinski definition) is 2. The lowest BCUT2D eigenvalue weighted by atomic mass is 10.2. The van der Waals surface area contributed by atoms with Gasteiger partial charge in [0.05, 0.1) is 0 Å². The van der Waals surface area contributed by atoms with Crippen molar-refractivity contribution in [2.24, 2.45) is 7.05 Å². The zero-order valence-electron chi connectivity index (χ0n) is 8.70. The quantitative estimate of drug-likeness (QED) is 0.783. The highest BCUT2D eigenvalue weighted by molar-refractivity contribution is 5.53. The van der Waals surface area contributed by atoms with E-state index in [0.29, 0.717) is 0 Å². The van der Waals surface area contributed by atoms with Crippen molar-refractivity contribution in [1.82, 2.24) is 19.5 Å². The molecule has 2 heterocycles. The van der Waals surface area contributed by atoms with Gasteiger partial charge in [0.15, 0.2) is 5.82 Å². The van der Waals surface area contributed by atoms with E-state index in [1.54, 1.807) is 6.20 Å². The summed E-state index contributed by atoms with van der Waals surface area (Å²) in [4.78, 5) is 12.0. The van der Waals surface area contributed by atoms with Crippen LogP contribution in [0.25, 0.3) is 11.5 Å². The maximum Gasteiger partial charge on any atom is 0.160 e. The molecule has 0 amide bonds. The zero-order chi connectivity index (χ0) is 10.1. The first-order valence-corrected chi connectivity index (χ1v) is 4.75. The van der Waals surface area contributed by atoms with Gasteiger partial charge in [-0.1, -0.05) is 6.92 Å². The van der Waals surface area contributed by atoms with Gasteiger partial charge in [-0.2, -0.15) is 0 Å². The van der Waals surface area contributed by atoms with Gasteiger partial charge in [-0.15, -0.1) is 0 Å². The Kier molecular flexibility index (Phi) is 2.11. The van der Waals surface area contributed by atoms with Crippen LogP contribution < -0.4 is 0 Å². The van der Waals surface area contributed by atoms with Gasteiger partial charge < -0.3 is 9.55 Å². The second-order valence-corrected chi connectivity index (χ2v) is 3.36. The molecule has 0 fully saturated rings. The summed E-state index contributed by atoms with van der Waals surface area (Å²) in [6, 6.07) is 0. The van der Waals surface area contributed by atoms with E-state index >= 15 is 0 Å². The average molecular weight is 190 g/mol. The number of H-pyrrole nitrogens is 1. The summed E-state index contributed by atoms with van der Waals surface area (Å²) < 4.78 is 1.98. The van der Waals surface area contributed by atoms with Gasteiger partial charge in [0, 0.05) is 25.1 Å². The highest BCUT2D eigenvalue weighted by Crippen LogP contribution is 2.19. The molecule has 0 saturated heterocycles. The normalized spacial score (nSPS) is 10.8. The van der Waals surface area contributed by atoms with Crippen molar-refractivity contribution >= 4 is 0 Å². The molecule has 0 atom stereocenters. The Morgan fingerprint density at radius 1 is 1.50 bits per heavy atom. The van der Waals surface area contributed by atoms with E-state index in [1.807, 2.05) is 24.7 Å². The third-order valence-electron chi connectivity index (χ3n) is 2.28.